The number of hydrogen-bond donors (Lipinski definition) is 2. The number of hydrogen-bond acceptors (Lipinski definition) is 4. The lowest BCUT2D eigenvalue weighted by molar-refractivity contribution is -0.121. The molecule has 1 heterocycles. The van der Waals surface area contributed by atoms with E-state index < -0.39 is 0 Å². The summed E-state index contributed by atoms with van der Waals surface area (Å²) in [6.45, 7) is 0. The fourth-order valence-electron chi connectivity index (χ4n) is 1.40. The smallest absolute Gasteiger partial charge is 0.226 e. The monoisotopic (exact) mass is 211 g/mol. The first-order valence-electron chi connectivity index (χ1n) is 4.73. The van der Waals surface area contributed by atoms with E-state index in [2.05, 4.69) is 10.3 Å². The molecule has 1 fully saturated rings. The molecule has 76 valence electrons. The van der Waals surface area contributed by atoms with Gasteiger partial charge in [-0.05, 0) is 19.3 Å². The predicted molar refractivity (Wildman–Crippen MR) is 56.0 cm³/mol. The van der Waals surface area contributed by atoms with Gasteiger partial charge in [0.05, 0.1) is 12.1 Å². The number of nitrogens with zero attached hydrogens (tertiary/aromatic N) is 1. The van der Waals surface area contributed by atoms with Gasteiger partial charge < -0.3 is 11.1 Å². The Bertz CT molecular complexity index is 333. The molecule has 1 amide bonds. The third-order valence-electron chi connectivity index (χ3n) is 2.38. The van der Waals surface area contributed by atoms with Gasteiger partial charge in [-0.15, -0.1) is 11.3 Å². The van der Waals surface area contributed by atoms with Crippen LogP contribution >= 0.6 is 11.3 Å². The van der Waals surface area contributed by atoms with E-state index >= 15 is 0 Å². The molecule has 2 rings (SSSR count). The van der Waals surface area contributed by atoms with Crippen molar-refractivity contribution in [3.05, 3.63) is 11.1 Å². The number of carbonyl (C=O) groups is 1. The molecule has 0 atom stereocenters. The second kappa shape index (κ2) is 3.96. The van der Waals surface area contributed by atoms with Crippen LogP contribution in [0, 0.1) is 0 Å². The van der Waals surface area contributed by atoms with Gasteiger partial charge in [-0.3, -0.25) is 4.79 Å². The Morgan fingerprint density at radius 3 is 3.00 bits per heavy atom. The van der Waals surface area contributed by atoms with E-state index in [0.29, 0.717) is 17.6 Å². The van der Waals surface area contributed by atoms with Crippen LogP contribution in [-0.2, 0) is 11.2 Å². The van der Waals surface area contributed by atoms with Gasteiger partial charge in [0, 0.05) is 11.4 Å². The van der Waals surface area contributed by atoms with Crippen LogP contribution in [0.25, 0.3) is 0 Å². The van der Waals surface area contributed by atoms with Crippen LogP contribution in [0.2, 0.25) is 0 Å². The summed E-state index contributed by atoms with van der Waals surface area (Å²) < 4.78 is 0. The highest BCUT2D eigenvalue weighted by Crippen LogP contribution is 2.18. The van der Waals surface area contributed by atoms with Crippen molar-refractivity contribution >= 4 is 22.4 Å². The predicted octanol–water partition coefficient (Wildman–Crippen LogP) is 0.936. The quantitative estimate of drug-likeness (QED) is 0.781. The van der Waals surface area contributed by atoms with Crippen LogP contribution in [0.4, 0.5) is 5.13 Å². The van der Waals surface area contributed by atoms with Crippen molar-refractivity contribution in [1.29, 1.82) is 0 Å². The third kappa shape index (κ3) is 2.23. The molecule has 1 aliphatic carbocycles. The molecular weight excluding hydrogens is 198 g/mol. The molecule has 14 heavy (non-hydrogen) atoms. The standard InChI is InChI=1S/C9H13N3OS/c10-9-12-7(5-14-9)4-8(13)11-6-2-1-3-6/h5-6H,1-4H2,(H2,10,12)(H,11,13). The van der Waals surface area contributed by atoms with Crippen molar-refractivity contribution in [3.63, 3.8) is 0 Å². The first kappa shape index (κ1) is 9.45. The van der Waals surface area contributed by atoms with Crippen molar-refractivity contribution in [2.75, 3.05) is 5.73 Å². The molecule has 0 unspecified atom stereocenters. The van der Waals surface area contributed by atoms with Crippen LogP contribution in [0.5, 0.6) is 0 Å². The largest absolute Gasteiger partial charge is 0.375 e. The summed E-state index contributed by atoms with van der Waals surface area (Å²) in [7, 11) is 0. The maximum Gasteiger partial charge on any atom is 0.226 e. The normalized spacial score (nSPS) is 16.3. The van der Waals surface area contributed by atoms with Crippen molar-refractivity contribution < 1.29 is 4.79 Å². The Labute approximate surface area is 86.5 Å². The van der Waals surface area contributed by atoms with Crippen LogP contribution < -0.4 is 11.1 Å². The Morgan fingerprint density at radius 2 is 2.50 bits per heavy atom. The minimum atomic E-state index is 0.0556. The SMILES string of the molecule is Nc1nc(CC(=O)NC2CCC2)cs1. The number of anilines is 1. The maximum atomic E-state index is 11.4. The van der Waals surface area contributed by atoms with Crippen LogP contribution in [0.3, 0.4) is 0 Å². The van der Waals surface area contributed by atoms with Gasteiger partial charge in [0.15, 0.2) is 5.13 Å². The van der Waals surface area contributed by atoms with Gasteiger partial charge in [-0.25, -0.2) is 4.98 Å². The molecule has 0 radical (unpaired) electrons. The average Bonchev–Trinajstić information content (AvgIpc) is 2.44. The number of nitrogen functional groups attached to an aromatic ring is 1. The van der Waals surface area contributed by atoms with Gasteiger partial charge in [-0.1, -0.05) is 0 Å². The molecule has 1 aromatic rings. The first-order valence-corrected chi connectivity index (χ1v) is 5.61. The van der Waals surface area contributed by atoms with E-state index in [1.54, 1.807) is 0 Å². The Morgan fingerprint density at radius 1 is 1.71 bits per heavy atom. The summed E-state index contributed by atoms with van der Waals surface area (Å²) in [6.07, 6.45) is 3.81. The minimum absolute atomic E-state index is 0.0556. The van der Waals surface area contributed by atoms with Crippen LogP contribution in [-0.4, -0.2) is 16.9 Å². The minimum Gasteiger partial charge on any atom is -0.375 e. The number of thiazole rings is 1. The molecule has 4 nitrogen and oxygen atoms in total. The zero-order valence-corrected chi connectivity index (χ0v) is 8.64. The topological polar surface area (TPSA) is 68.0 Å². The van der Waals surface area contributed by atoms with E-state index in [4.69, 9.17) is 5.73 Å². The third-order valence-corrected chi connectivity index (χ3v) is 3.10. The average molecular weight is 211 g/mol. The van der Waals surface area contributed by atoms with Gasteiger partial charge in [0.1, 0.15) is 0 Å². The first-order chi connectivity index (χ1) is 6.74. The Balaban J connectivity index is 1.81. The highest BCUT2D eigenvalue weighted by Gasteiger charge is 2.19. The summed E-state index contributed by atoms with van der Waals surface area (Å²) in [5.74, 6) is 0.0556. The molecule has 1 aliphatic rings. The van der Waals surface area contributed by atoms with Crippen molar-refractivity contribution in [2.45, 2.75) is 31.7 Å². The molecule has 3 N–H and O–H groups in total. The summed E-state index contributed by atoms with van der Waals surface area (Å²) in [4.78, 5) is 15.5. The van der Waals surface area contributed by atoms with Gasteiger partial charge >= 0.3 is 0 Å². The van der Waals surface area contributed by atoms with Gasteiger partial charge in [0.2, 0.25) is 5.91 Å². The number of aromatic nitrogens is 1. The fraction of sp³-hybridized carbons (Fsp3) is 0.556. The zero-order chi connectivity index (χ0) is 9.97. The maximum absolute atomic E-state index is 11.4. The number of rotatable bonds is 3. The van der Waals surface area contributed by atoms with Gasteiger partial charge in [0.25, 0.3) is 0 Å². The molecule has 1 aromatic heterocycles. The second-order valence-corrected chi connectivity index (χ2v) is 4.44. The molecule has 0 saturated heterocycles. The number of nitrogens with two attached hydrogens (primary N) is 1. The molecule has 0 aliphatic heterocycles. The second-order valence-electron chi connectivity index (χ2n) is 3.55. The molecule has 5 heteroatoms. The molecule has 0 aromatic carbocycles. The van der Waals surface area contributed by atoms with E-state index in [1.807, 2.05) is 5.38 Å². The van der Waals surface area contributed by atoms with Crippen LogP contribution in [0.1, 0.15) is 25.0 Å². The molecule has 0 bridgehead atoms. The number of carbonyl (C=O) groups excluding carboxylic acids is 1. The number of amides is 1. The van der Waals surface area contributed by atoms with E-state index in [9.17, 15) is 4.79 Å². The molecule has 1 saturated carbocycles. The van der Waals surface area contributed by atoms with Crippen LogP contribution in [0.15, 0.2) is 5.38 Å². The Kier molecular flexibility index (Phi) is 2.67. The van der Waals surface area contributed by atoms with E-state index in [1.165, 1.54) is 17.8 Å². The Hall–Kier alpha value is -1.10. The van der Waals surface area contributed by atoms with Crippen molar-refractivity contribution in [3.8, 4) is 0 Å². The number of nitrogens with one attached hydrogen (secondary N) is 1. The fourth-order valence-corrected chi connectivity index (χ4v) is 1.96. The lowest BCUT2D eigenvalue weighted by Crippen LogP contribution is -2.40. The summed E-state index contributed by atoms with van der Waals surface area (Å²) in [6, 6.07) is 0.401. The molecular formula is C9H13N3OS. The lowest BCUT2D eigenvalue weighted by atomic mass is 9.93. The highest BCUT2D eigenvalue weighted by atomic mass is 32.1. The van der Waals surface area contributed by atoms with Gasteiger partial charge in [-0.2, -0.15) is 0 Å². The summed E-state index contributed by atoms with van der Waals surface area (Å²) in [5, 5.41) is 5.31. The van der Waals surface area contributed by atoms with E-state index in [0.717, 1.165) is 18.5 Å². The van der Waals surface area contributed by atoms with Crippen molar-refractivity contribution in [1.82, 2.24) is 10.3 Å². The zero-order valence-electron chi connectivity index (χ0n) is 7.82. The summed E-state index contributed by atoms with van der Waals surface area (Å²) >= 11 is 1.37. The van der Waals surface area contributed by atoms with Crippen molar-refractivity contribution in [2.24, 2.45) is 0 Å². The highest BCUT2D eigenvalue weighted by molar-refractivity contribution is 7.13. The lowest BCUT2D eigenvalue weighted by Gasteiger charge is -2.26. The molecule has 0 spiro atoms. The van der Waals surface area contributed by atoms with E-state index in [-0.39, 0.29) is 5.91 Å². The summed E-state index contributed by atoms with van der Waals surface area (Å²) in [5.41, 5.74) is 6.24.